The lowest BCUT2D eigenvalue weighted by Crippen LogP contribution is -2.41. The largest absolute Gasteiger partial charge is 0.487 e. The van der Waals surface area contributed by atoms with Crippen LogP contribution in [-0.4, -0.2) is 27.0 Å². The van der Waals surface area contributed by atoms with Crippen LogP contribution in [-0.2, 0) is 27.7 Å². The van der Waals surface area contributed by atoms with Gasteiger partial charge in [-0.15, -0.1) is 0 Å². The molecule has 0 saturated heterocycles. The fourth-order valence-electron chi connectivity index (χ4n) is 3.45. The second-order valence-corrected chi connectivity index (χ2v) is 8.63. The Morgan fingerprint density at radius 3 is 2.39 bits per heavy atom. The van der Waals surface area contributed by atoms with E-state index in [1.807, 2.05) is 39.0 Å². The van der Waals surface area contributed by atoms with Gasteiger partial charge in [0.1, 0.15) is 11.9 Å². The van der Waals surface area contributed by atoms with E-state index < -0.39 is 10.0 Å². The Labute approximate surface area is 166 Å². The molecule has 0 aliphatic carbocycles. The molecular formula is C21H26N2O4S. The van der Waals surface area contributed by atoms with Crippen LogP contribution in [0, 0.1) is 0 Å². The van der Waals surface area contributed by atoms with Gasteiger partial charge in [0.25, 0.3) is 10.0 Å². The number of hydrogen-bond donors (Lipinski definition) is 1. The minimum absolute atomic E-state index is 0.101. The van der Waals surface area contributed by atoms with Crippen molar-refractivity contribution in [3.63, 3.8) is 0 Å². The van der Waals surface area contributed by atoms with Gasteiger partial charge in [-0.25, -0.2) is 8.42 Å². The number of benzene rings is 2. The number of nitrogens with one attached hydrogen (secondary N) is 1. The predicted octanol–water partition coefficient (Wildman–Crippen LogP) is 3.75. The standard InChI is InChI=1S/C21H26N2O4S/c1-5-16-8-7-9-17(6-2)21(16)22-28(25,26)18-10-11-20-19(12-18)23(15(4)24)13-14(3)27-20/h7-12,14,22H,5-6,13H2,1-4H3. The minimum Gasteiger partial charge on any atom is -0.487 e. The molecule has 1 aliphatic heterocycles. The van der Waals surface area contributed by atoms with Gasteiger partial charge in [-0.3, -0.25) is 9.52 Å². The number of aryl methyl sites for hydroxylation is 2. The van der Waals surface area contributed by atoms with Crippen molar-refractivity contribution < 1.29 is 17.9 Å². The van der Waals surface area contributed by atoms with E-state index >= 15 is 0 Å². The first kappa shape index (κ1) is 20.2. The fourth-order valence-corrected chi connectivity index (χ4v) is 4.61. The Morgan fingerprint density at radius 2 is 1.82 bits per heavy atom. The summed E-state index contributed by atoms with van der Waals surface area (Å²) in [6.07, 6.45) is 1.29. The van der Waals surface area contributed by atoms with Crippen molar-refractivity contribution in [1.82, 2.24) is 0 Å². The van der Waals surface area contributed by atoms with Crippen molar-refractivity contribution >= 4 is 27.3 Å². The molecule has 1 amide bonds. The smallest absolute Gasteiger partial charge is 0.261 e. The number of sulfonamides is 1. The average Bonchev–Trinajstić information content (AvgIpc) is 2.66. The van der Waals surface area contributed by atoms with Crippen LogP contribution in [0.3, 0.4) is 0 Å². The molecule has 1 atom stereocenters. The molecule has 0 radical (unpaired) electrons. The topological polar surface area (TPSA) is 75.7 Å². The van der Waals surface area contributed by atoms with Crippen molar-refractivity contribution in [2.24, 2.45) is 0 Å². The number of ether oxygens (including phenoxy) is 1. The summed E-state index contributed by atoms with van der Waals surface area (Å²) in [7, 11) is -3.82. The third-order valence-corrected chi connectivity index (χ3v) is 6.26. The van der Waals surface area contributed by atoms with Gasteiger partial charge >= 0.3 is 0 Å². The summed E-state index contributed by atoms with van der Waals surface area (Å²) in [5, 5.41) is 0. The van der Waals surface area contributed by atoms with Crippen molar-refractivity contribution in [3.8, 4) is 5.75 Å². The maximum absolute atomic E-state index is 13.1. The van der Waals surface area contributed by atoms with Crippen LogP contribution in [0.2, 0.25) is 0 Å². The van der Waals surface area contributed by atoms with Crippen LogP contribution < -0.4 is 14.4 Å². The van der Waals surface area contributed by atoms with Gasteiger partial charge < -0.3 is 9.64 Å². The Morgan fingerprint density at radius 1 is 1.18 bits per heavy atom. The first-order valence-electron chi connectivity index (χ1n) is 9.49. The molecule has 1 unspecified atom stereocenters. The van der Waals surface area contributed by atoms with Crippen molar-refractivity contribution in [1.29, 1.82) is 0 Å². The summed E-state index contributed by atoms with van der Waals surface area (Å²) in [5.41, 5.74) is 3.01. The van der Waals surface area contributed by atoms with Gasteiger partial charge in [0.2, 0.25) is 5.91 Å². The maximum atomic E-state index is 13.1. The Balaban J connectivity index is 2.03. The predicted molar refractivity (Wildman–Crippen MR) is 111 cm³/mol. The second-order valence-electron chi connectivity index (χ2n) is 6.95. The lowest BCUT2D eigenvalue weighted by molar-refractivity contribution is -0.117. The SMILES string of the molecule is CCc1cccc(CC)c1NS(=O)(=O)c1ccc2c(c1)N(C(C)=O)CC(C)O2. The molecule has 0 saturated carbocycles. The van der Waals surface area contributed by atoms with Crippen LogP contribution in [0.5, 0.6) is 5.75 Å². The Kier molecular flexibility index (Phi) is 5.65. The Hall–Kier alpha value is -2.54. The van der Waals surface area contributed by atoms with Gasteiger partial charge in [0.15, 0.2) is 0 Å². The van der Waals surface area contributed by atoms with Crippen LogP contribution in [0.15, 0.2) is 41.3 Å². The molecule has 28 heavy (non-hydrogen) atoms. The number of carbonyl (C=O) groups is 1. The van der Waals surface area contributed by atoms with E-state index in [1.54, 1.807) is 11.0 Å². The zero-order chi connectivity index (χ0) is 20.5. The number of nitrogens with zero attached hydrogens (tertiary/aromatic N) is 1. The normalized spacial score (nSPS) is 16.3. The van der Waals surface area contributed by atoms with Crippen molar-refractivity contribution in [2.45, 2.75) is 51.5 Å². The third-order valence-electron chi connectivity index (χ3n) is 4.91. The van der Waals surface area contributed by atoms with Gasteiger partial charge in [0, 0.05) is 6.92 Å². The summed E-state index contributed by atoms with van der Waals surface area (Å²) in [4.78, 5) is 13.7. The van der Waals surface area contributed by atoms with E-state index in [0.29, 0.717) is 23.7 Å². The first-order chi connectivity index (χ1) is 13.3. The number of hydrogen-bond acceptors (Lipinski definition) is 4. The van der Waals surface area contributed by atoms with Gasteiger partial charge in [-0.2, -0.15) is 0 Å². The summed E-state index contributed by atoms with van der Waals surface area (Å²) in [6, 6.07) is 10.4. The number of anilines is 2. The number of amides is 1. The molecular weight excluding hydrogens is 376 g/mol. The lowest BCUT2D eigenvalue weighted by atomic mass is 10.0. The van der Waals surface area contributed by atoms with E-state index in [-0.39, 0.29) is 16.9 Å². The van der Waals surface area contributed by atoms with Crippen LogP contribution >= 0.6 is 0 Å². The fraction of sp³-hybridized carbons (Fsp3) is 0.381. The molecule has 6 nitrogen and oxygen atoms in total. The summed E-state index contributed by atoms with van der Waals surface area (Å²) >= 11 is 0. The van der Waals surface area contributed by atoms with Crippen LogP contribution in [0.4, 0.5) is 11.4 Å². The molecule has 2 aromatic carbocycles. The number of para-hydroxylation sites is 1. The molecule has 1 heterocycles. The maximum Gasteiger partial charge on any atom is 0.261 e. The quantitative estimate of drug-likeness (QED) is 0.827. The highest BCUT2D eigenvalue weighted by molar-refractivity contribution is 7.92. The number of rotatable bonds is 5. The zero-order valence-electron chi connectivity index (χ0n) is 16.7. The third kappa shape index (κ3) is 3.85. The molecule has 1 aliphatic rings. The van der Waals surface area contributed by atoms with E-state index in [4.69, 9.17) is 4.74 Å². The molecule has 0 aromatic heterocycles. The molecule has 3 rings (SSSR count). The molecule has 0 spiro atoms. The number of carbonyl (C=O) groups excluding carboxylic acids is 1. The molecule has 150 valence electrons. The Bertz CT molecular complexity index is 979. The molecule has 2 aromatic rings. The summed E-state index contributed by atoms with van der Waals surface area (Å²) < 4.78 is 34.7. The summed E-state index contributed by atoms with van der Waals surface area (Å²) in [5.74, 6) is 0.361. The highest BCUT2D eigenvalue weighted by Crippen LogP contribution is 2.36. The van der Waals surface area contributed by atoms with E-state index in [2.05, 4.69) is 4.72 Å². The first-order valence-corrected chi connectivity index (χ1v) is 11.0. The molecule has 0 bridgehead atoms. The molecule has 7 heteroatoms. The van der Waals surface area contributed by atoms with Gasteiger partial charge in [0.05, 0.1) is 22.8 Å². The van der Waals surface area contributed by atoms with E-state index in [9.17, 15) is 13.2 Å². The minimum atomic E-state index is -3.82. The zero-order valence-corrected chi connectivity index (χ0v) is 17.5. The monoisotopic (exact) mass is 402 g/mol. The van der Waals surface area contributed by atoms with Crippen LogP contribution in [0.25, 0.3) is 0 Å². The molecule has 0 fully saturated rings. The van der Waals surface area contributed by atoms with Crippen LogP contribution in [0.1, 0.15) is 38.8 Å². The number of fused-ring (bicyclic) bond motifs is 1. The van der Waals surface area contributed by atoms with Gasteiger partial charge in [-0.1, -0.05) is 32.0 Å². The average molecular weight is 403 g/mol. The van der Waals surface area contributed by atoms with E-state index in [0.717, 1.165) is 24.0 Å². The van der Waals surface area contributed by atoms with E-state index in [1.165, 1.54) is 19.1 Å². The lowest BCUT2D eigenvalue weighted by Gasteiger charge is -2.33. The highest BCUT2D eigenvalue weighted by atomic mass is 32.2. The summed E-state index contributed by atoms with van der Waals surface area (Å²) in [6.45, 7) is 7.71. The molecule has 1 N–H and O–H groups in total. The second kappa shape index (κ2) is 7.83. The van der Waals surface area contributed by atoms with Gasteiger partial charge in [-0.05, 0) is 49.1 Å². The van der Waals surface area contributed by atoms with Crippen molar-refractivity contribution in [3.05, 3.63) is 47.5 Å². The highest BCUT2D eigenvalue weighted by Gasteiger charge is 2.28. The van der Waals surface area contributed by atoms with Crippen molar-refractivity contribution in [2.75, 3.05) is 16.2 Å².